The number of hydrogen-bond donors (Lipinski definition) is 2. The summed E-state index contributed by atoms with van der Waals surface area (Å²) in [5.74, 6) is 2.74. The van der Waals surface area contributed by atoms with E-state index in [0.29, 0.717) is 0 Å². The van der Waals surface area contributed by atoms with Gasteiger partial charge < -0.3 is 10.2 Å². The Bertz CT molecular complexity index is 240. The van der Waals surface area contributed by atoms with Crippen LogP contribution in [0.3, 0.4) is 0 Å². The van der Waals surface area contributed by atoms with Crippen molar-refractivity contribution in [1.29, 1.82) is 0 Å². The minimum absolute atomic E-state index is 0.106. The van der Waals surface area contributed by atoms with Crippen LogP contribution in [-0.2, 0) is 0 Å². The van der Waals surface area contributed by atoms with Crippen LogP contribution >= 0.6 is 0 Å². The third-order valence-electron chi connectivity index (χ3n) is 5.07. The van der Waals surface area contributed by atoms with Crippen molar-refractivity contribution in [2.75, 3.05) is 6.61 Å². The fourth-order valence-corrected chi connectivity index (χ4v) is 3.14. The largest absolute Gasteiger partial charge is 0.394 e. The summed E-state index contributed by atoms with van der Waals surface area (Å²) in [5, 5.41) is 18.5. The topological polar surface area (TPSA) is 40.5 Å². The molecule has 0 saturated carbocycles. The van der Waals surface area contributed by atoms with E-state index in [-0.39, 0.29) is 12.5 Å². The molecule has 0 amide bonds. The van der Waals surface area contributed by atoms with Crippen LogP contribution in [0.4, 0.5) is 0 Å². The molecule has 0 rings (SSSR count). The third-order valence-corrected chi connectivity index (χ3v) is 5.07. The highest BCUT2D eigenvalue weighted by Crippen LogP contribution is 2.22. The van der Waals surface area contributed by atoms with Gasteiger partial charge in [0.25, 0.3) is 0 Å². The zero-order valence-corrected chi connectivity index (χ0v) is 15.9. The summed E-state index contributed by atoms with van der Waals surface area (Å²) in [5.41, 5.74) is 0. The van der Waals surface area contributed by atoms with E-state index in [1.807, 2.05) is 6.92 Å². The van der Waals surface area contributed by atoms with Crippen LogP contribution in [0.2, 0.25) is 0 Å². The van der Waals surface area contributed by atoms with E-state index in [2.05, 4.69) is 27.7 Å². The van der Waals surface area contributed by atoms with Gasteiger partial charge in [-0.1, -0.05) is 86.0 Å². The van der Waals surface area contributed by atoms with E-state index >= 15 is 0 Å². The van der Waals surface area contributed by atoms with Crippen LogP contribution in [-0.4, -0.2) is 22.9 Å². The number of hydrogen-bond acceptors (Lipinski definition) is 2. The summed E-state index contributed by atoms with van der Waals surface area (Å²) in [6.45, 7) is 11.3. The number of aliphatic hydroxyl groups is 2. The second-order valence-corrected chi connectivity index (χ2v) is 8.12. The van der Waals surface area contributed by atoms with E-state index in [9.17, 15) is 5.11 Å². The molecule has 0 aliphatic rings. The van der Waals surface area contributed by atoms with Gasteiger partial charge in [0.15, 0.2) is 0 Å². The Morgan fingerprint density at radius 1 is 0.636 bits per heavy atom. The number of rotatable bonds is 14. The van der Waals surface area contributed by atoms with E-state index in [1.54, 1.807) is 0 Å². The van der Waals surface area contributed by atoms with Gasteiger partial charge in [0.05, 0.1) is 12.7 Å². The highest BCUT2D eigenvalue weighted by Gasteiger charge is 2.13. The van der Waals surface area contributed by atoms with Crippen molar-refractivity contribution in [3.8, 4) is 0 Å². The van der Waals surface area contributed by atoms with Crippen LogP contribution in [0.1, 0.15) is 92.4 Å². The molecule has 4 atom stereocenters. The SMILES string of the molecule is CC(C)CCC[C@@H](C)CCC[C@@H](C)CCC[C@@H](C)[C@H](O)CO. The van der Waals surface area contributed by atoms with Crippen LogP contribution in [0.25, 0.3) is 0 Å². The molecule has 2 heteroatoms. The molecular formula is C20H42O2. The van der Waals surface area contributed by atoms with Gasteiger partial charge >= 0.3 is 0 Å². The smallest absolute Gasteiger partial charge is 0.0796 e. The highest BCUT2D eigenvalue weighted by molar-refractivity contribution is 4.65. The second kappa shape index (κ2) is 13.4. The maximum atomic E-state index is 9.55. The van der Waals surface area contributed by atoms with Crippen molar-refractivity contribution in [2.24, 2.45) is 23.7 Å². The lowest BCUT2D eigenvalue weighted by molar-refractivity contribution is 0.0491. The lowest BCUT2D eigenvalue weighted by Gasteiger charge is -2.18. The molecule has 0 fully saturated rings. The van der Waals surface area contributed by atoms with E-state index in [1.165, 1.54) is 51.4 Å². The fraction of sp³-hybridized carbons (Fsp3) is 1.00. The van der Waals surface area contributed by atoms with Crippen LogP contribution in [0.5, 0.6) is 0 Å². The first-order valence-electron chi connectivity index (χ1n) is 9.65. The van der Waals surface area contributed by atoms with Crippen molar-refractivity contribution in [1.82, 2.24) is 0 Å². The second-order valence-electron chi connectivity index (χ2n) is 8.12. The van der Waals surface area contributed by atoms with Crippen molar-refractivity contribution in [3.63, 3.8) is 0 Å². The molecule has 0 spiro atoms. The van der Waals surface area contributed by atoms with Crippen molar-refractivity contribution in [3.05, 3.63) is 0 Å². The first-order chi connectivity index (χ1) is 10.4. The Morgan fingerprint density at radius 2 is 1.05 bits per heavy atom. The standard InChI is InChI=1S/C20H42O2/c1-16(2)9-6-10-17(3)11-7-12-18(4)13-8-14-19(5)20(22)15-21/h16-22H,6-15H2,1-5H3/t17-,18-,19-,20-/m1/s1. The molecular weight excluding hydrogens is 272 g/mol. The van der Waals surface area contributed by atoms with Gasteiger partial charge in [-0.15, -0.1) is 0 Å². The van der Waals surface area contributed by atoms with Crippen LogP contribution in [0.15, 0.2) is 0 Å². The quantitative estimate of drug-likeness (QED) is 0.450. The van der Waals surface area contributed by atoms with Crippen molar-refractivity contribution >= 4 is 0 Å². The molecule has 0 aliphatic heterocycles. The van der Waals surface area contributed by atoms with Crippen molar-refractivity contribution in [2.45, 2.75) is 98.5 Å². The minimum atomic E-state index is -0.540. The predicted octanol–water partition coefficient (Wildman–Crippen LogP) is 5.41. The summed E-state index contributed by atoms with van der Waals surface area (Å²) in [6, 6.07) is 0. The normalized spacial score (nSPS) is 17.5. The fourth-order valence-electron chi connectivity index (χ4n) is 3.14. The first-order valence-corrected chi connectivity index (χ1v) is 9.65. The van der Waals surface area contributed by atoms with Gasteiger partial charge in [0, 0.05) is 0 Å². The van der Waals surface area contributed by atoms with Gasteiger partial charge in [0.1, 0.15) is 0 Å². The molecule has 0 aromatic rings. The Kier molecular flexibility index (Phi) is 13.3. The average molecular weight is 315 g/mol. The van der Waals surface area contributed by atoms with Gasteiger partial charge in [-0.25, -0.2) is 0 Å². The lowest BCUT2D eigenvalue weighted by Crippen LogP contribution is -2.21. The molecule has 22 heavy (non-hydrogen) atoms. The third kappa shape index (κ3) is 12.5. The van der Waals surface area contributed by atoms with Gasteiger partial charge in [-0.05, 0) is 30.1 Å². The molecule has 0 aliphatic carbocycles. The van der Waals surface area contributed by atoms with E-state index in [0.717, 1.165) is 24.2 Å². The first kappa shape index (κ1) is 21.9. The van der Waals surface area contributed by atoms with Crippen LogP contribution in [0, 0.1) is 23.7 Å². The zero-order chi connectivity index (χ0) is 17.0. The molecule has 0 aromatic carbocycles. The summed E-state index contributed by atoms with van der Waals surface area (Å²) >= 11 is 0. The molecule has 0 unspecified atom stereocenters. The Labute approximate surface area is 139 Å². The Morgan fingerprint density at radius 3 is 1.45 bits per heavy atom. The maximum Gasteiger partial charge on any atom is 0.0796 e. The maximum absolute atomic E-state index is 9.55. The molecule has 134 valence electrons. The summed E-state index contributed by atoms with van der Waals surface area (Å²) in [7, 11) is 0. The Balaban J connectivity index is 3.54. The average Bonchev–Trinajstić information content (AvgIpc) is 2.45. The van der Waals surface area contributed by atoms with E-state index in [4.69, 9.17) is 5.11 Å². The van der Waals surface area contributed by atoms with Gasteiger partial charge in [-0.3, -0.25) is 0 Å². The monoisotopic (exact) mass is 314 g/mol. The molecule has 0 aromatic heterocycles. The summed E-state index contributed by atoms with van der Waals surface area (Å²) in [4.78, 5) is 0. The Hall–Kier alpha value is -0.0800. The molecule has 0 saturated heterocycles. The molecule has 0 radical (unpaired) electrons. The minimum Gasteiger partial charge on any atom is -0.394 e. The van der Waals surface area contributed by atoms with Crippen LogP contribution < -0.4 is 0 Å². The summed E-state index contributed by atoms with van der Waals surface area (Å²) in [6.07, 6.45) is 11.1. The highest BCUT2D eigenvalue weighted by atomic mass is 16.3. The van der Waals surface area contributed by atoms with Gasteiger partial charge in [-0.2, -0.15) is 0 Å². The van der Waals surface area contributed by atoms with Gasteiger partial charge in [0.2, 0.25) is 0 Å². The molecule has 2 N–H and O–H groups in total. The molecule has 0 heterocycles. The lowest BCUT2D eigenvalue weighted by atomic mass is 9.90. The summed E-state index contributed by atoms with van der Waals surface area (Å²) < 4.78 is 0. The van der Waals surface area contributed by atoms with Crippen molar-refractivity contribution < 1.29 is 10.2 Å². The predicted molar refractivity (Wildman–Crippen MR) is 97.0 cm³/mol. The molecule has 2 nitrogen and oxygen atoms in total. The number of aliphatic hydroxyl groups excluding tert-OH is 2. The zero-order valence-electron chi connectivity index (χ0n) is 15.9. The van der Waals surface area contributed by atoms with E-state index < -0.39 is 6.10 Å². The molecule has 0 bridgehead atoms.